The summed E-state index contributed by atoms with van der Waals surface area (Å²) in [5, 5.41) is 10.7. The maximum Gasteiger partial charge on any atom is 0.325 e. The largest absolute Gasteiger partial charge is 0.492 e. The number of fused-ring (bicyclic) bond motifs is 1. The molecular weight excluding hydrogens is 422 g/mol. The molecule has 160 valence electrons. The van der Waals surface area contributed by atoms with Crippen molar-refractivity contribution in [2.45, 2.75) is 13.5 Å². The third kappa shape index (κ3) is 5.23. The smallest absolute Gasteiger partial charge is 0.325 e. The number of hydrogen-bond donors (Lipinski definition) is 0. The standard InChI is InChI=1S/C21H19N3O6S/c1-3-30-16-5-4-6-17-20(16)23(13-19(26)29-2)21(31-17)22-18(25)12-9-14-7-10-15(11-8-14)24(27)28/h4-12H,3,13H2,1-2H3/b12-9-,22-21?. The summed E-state index contributed by atoms with van der Waals surface area (Å²) in [6.07, 6.45) is 2.77. The van der Waals surface area contributed by atoms with Gasteiger partial charge in [-0.05, 0) is 42.8 Å². The van der Waals surface area contributed by atoms with E-state index in [1.54, 1.807) is 10.6 Å². The molecule has 0 aliphatic rings. The number of rotatable bonds is 7. The van der Waals surface area contributed by atoms with Crippen LogP contribution in [0.25, 0.3) is 16.3 Å². The van der Waals surface area contributed by atoms with E-state index in [1.807, 2.05) is 19.1 Å². The summed E-state index contributed by atoms with van der Waals surface area (Å²) < 4.78 is 12.8. The lowest BCUT2D eigenvalue weighted by molar-refractivity contribution is -0.384. The van der Waals surface area contributed by atoms with E-state index in [1.165, 1.54) is 54.9 Å². The van der Waals surface area contributed by atoms with Gasteiger partial charge < -0.3 is 14.0 Å². The minimum Gasteiger partial charge on any atom is -0.492 e. The van der Waals surface area contributed by atoms with E-state index in [2.05, 4.69) is 4.99 Å². The van der Waals surface area contributed by atoms with Gasteiger partial charge in [-0.15, -0.1) is 0 Å². The van der Waals surface area contributed by atoms with E-state index < -0.39 is 16.8 Å². The number of nitro groups is 1. The van der Waals surface area contributed by atoms with Gasteiger partial charge in [-0.25, -0.2) is 0 Å². The molecule has 2 aromatic carbocycles. The summed E-state index contributed by atoms with van der Waals surface area (Å²) in [4.78, 5) is 39.1. The normalized spacial score (nSPS) is 11.7. The first-order valence-electron chi connectivity index (χ1n) is 9.26. The Labute approximate surface area is 181 Å². The molecule has 0 aliphatic heterocycles. The maximum absolute atomic E-state index is 12.4. The molecule has 0 fully saturated rings. The van der Waals surface area contributed by atoms with Crippen LogP contribution in [0.3, 0.4) is 0 Å². The van der Waals surface area contributed by atoms with Crippen molar-refractivity contribution in [1.29, 1.82) is 0 Å². The topological polar surface area (TPSA) is 113 Å². The molecule has 0 N–H and O–H groups in total. The number of hydrogen-bond acceptors (Lipinski definition) is 7. The Morgan fingerprint density at radius 3 is 2.61 bits per heavy atom. The monoisotopic (exact) mass is 441 g/mol. The molecule has 0 atom stereocenters. The van der Waals surface area contributed by atoms with Crippen LogP contribution >= 0.6 is 11.3 Å². The fraction of sp³-hybridized carbons (Fsp3) is 0.190. The van der Waals surface area contributed by atoms with Crippen molar-refractivity contribution >= 4 is 45.2 Å². The lowest BCUT2D eigenvalue weighted by atomic mass is 10.2. The predicted octanol–water partition coefficient (Wildman–Crippen LogP) is 3.32. The Morgan fingerprint density at radius 1 is 1.23 bits per heavy atom. The summed E-state index contributed by atoms with van der Waals surface area (Å²) in [7, 11) is 1.29. The number of benzene rings is 2. The first kappa shape index (κ1) is 21.9. The van der Waals surface area contributed by atoms with Crippen molar-refractivity contribution in [2.24, 2.45) is 4.99 Å². The molecule has 3 rings (SSSR count). The van der Waals surface area contributed by atoms with Gasteiger partial charge in [-0.1, -0.05) is 17.4 Å². The molecule has 0 spiro atoms. The van der Waals surface area contributed by atoms with Crippen LogP contribution in [0.15, 0.2) is 53.5 Å². The van der Waals surface area contributed by atoms with Gasteiger partial charge in [0.25, 0.3) is 11.6 Å². The number of ether oxygens (including phenoxy) is 2. The van der Waals surface area contributed by atoms with E-state index in [0.717, 1.165) is 4.70 Å². The molecule has 0 unspecified atom stereocenters. The van der Waals surface area contributed by atoms with Crippen LogP contribution < -0.4 is 9.54 Å². The molecule has 31 heavy (non-hydrogen) atoms. The molecule has 10 heteroatoms. The zero-order chi connectivity index (χ0) is 22.4. The highest BCUT2D eigenvalue weighted by molar-refractivity contribution is 7.16. The van der Waals surface area contributed by atoms with Crippen LogP contribution in [-0.4, -0.2) is 35.1 Å². The Bertz CT molecular complexity index is 1220. The summed E-state index contributed by atoms with van der Waals surface area (Å²) in [6.45, 7) is 2.17. The number of carbonyl (C=O) groups excluding carboxylic acids is 2. The molecule has 1 aromatic heterocycles. The van der Waals surface area contributed by atoms with Crippen LogP contribution in [0.4, 0.5) is 5.69 Å². The number of non-ortho nitro benzene ring substituents is 1. The Kier molecular flexibility index (Phi) is 6.93. The van der Waals surface area contributed by atoms with E-state index >= 15 is 0 Å². The second-order valence-corrected chi connectivity index (χ2v) is 7.22. The van der Waals surface area contributed by atoms with Crippen molar-refractivity contribution in [3.05, 3.63) is 69.0 Å². The highest BCUT2D eigenvalue weighted by atomic mass is 32.1. The minimum absolute atomic E-state index is 0.0348. The first-order valence-corrected chi connectivity index (χ1v) is 10.1. The highest BCUT2D eigenvalue weighted by Crippen LogP contribution is 2.27. The number of thiazole rings is 1. The molecule has 0 saturated carbocycles. The number of methoxy groups -OCH3 is 1. The van der Waals surface area contributed by atoms with Crippen LogP contribution in [-0.2, 0) is 20.9 Å². The number of aromatic nitrogens is 1. The van der Waals surface area contributed by atoms with Gasteiger partial charge in [0.15, 0.2) is 4.80 Å². The number of nitrogens with zero attached hydrogens (tertiary/aromatic N) is 3. The average molecular weight is 441 g/mol. The van der Waals surface area contributed by atoms with Gasteiger partial charge in [-0.3, -0.25) is 19.7 Å². The van der Waals surface area contributed by atoms with E-state index in [-0.39, 0.29) is 12.2 Å². The SMILES string of the molecule is CCOc1cccc2sc(=NC(=O)/C=C\c3ccc([N+](=O)[O-])cc3)n(CC(=O)OC)c12. The number of esters is 1. The molecule has 1 amide bonds. The molecular formula is C21H19N3O6S. The van der Waals surface area contributed by atoms with E-state index in [4.69, 9.17) is 9.47 Å². The molecule has 3 aromatic rings. The van der Waals surface area contributed by atoms with Crippen LogP contribution in [0.2, 0.25) is 0 Å². The second-order valence-electron chi connectivity index (χ2n) is 6.21. The Hall–Kier alpha value is -3.79. The zero-order valence-corrected chi connectivity index (χ0v) is 17.6. The van der Waals surface area contributed by atoms with E-state index in [0.29, 0.717) is 28.2 Å². The van der Waals surface area contributed by atoms with Gasteiger partial charge in [0.2, 0.25) is 0 Å². The number of carbonyl (C=O) groups is 2. The van der Waals surface area contributed by atoms with Gasteiger partial charge in [0, 0.05) is 18.2 Å². The third-order valence-electron chi connectivity index (χ3n) is 4.21. The average Bonchev–Trinajstić information content (AvgIpc) is 3.10. The van der Waals surface area contributed by atoms with Crippen molar-refractivity contribution in [3.63, 3.8) is 0 Å². The summed E-state index contributed by atoms with van der Waals surface area (Å²) >= 11 is 1.25. The minimum atomic E-state index is -0.540. The summed E-state index contributed by atoms with van der Waals surface area (Å²) in [6, 6.07) is 11.2. The summed E-state index contributed by atoms with van der Waals surface area (Å²) in [5.41, 5.74) is 1.24. The molecule has 1 heterocycles. The lowest BCUT2D eigenvalue weighted by Gasteiger charge is -2.08. The van der Waals surface area contributed by atoms with E-state index in [9.17, 15) is 19.7 Å². The molecule has 0 saturated heterocycles. The highest BCUT2D eigenvalue weighted by Gasteiger charge is 2.15. The fourth-order valence-electron chi connectivity index (χ4n) is 2.80. The zero-order valence-electron chi connectivity index (χ0n) is 16.8. The lowest BCUT2D eigenvalue weighted by Crippen LogP contribution is -2.22. The Morgan fingerprint density at radius 2 is 1.97 bits per heavy atom. The fourth-order valence-corrected chi connectivity index (χ4v) is 3.85. The quantitative estimate of drug-likeness (QED) is 0.241. The molecule has 0 aliphatic carbocycles. The van der Waals surface area contributed by atoms with Gasteiger partial charge in [-0.2, -0.15) is 4.99 Å². The van der Waals surface area contributed by atoms with Crippen LogP contribution in [0.1, 0.15) is 12.5 Å². The molecule has 9 nitrogen and oxygen atoms in total. The first-order chi connectivity index (χ1) is 14.9. The second kappa shape index (κ2) is 9.81. The Balaban J connectivity index is 1.98. The molecule has 0 radical (unpaired) electrons. The summed E-state index contributed by atoms with van der Waals surface area (Å²) in [5.74, 6) is -0.446. The number of amides is 1. The van der Waals surface area contributed by atoms with Crippen molar-refractivity contribution in [2.75, 3.05) is 13.7 Å². The van der Waals surface area contributed by atoms with Gasteiger partial charge in [0.05, 0.1) is 23.3 Å². The van der Waals surface area contributed by atoms with Crippen LogP contribution in [0, 0.1) is 10.1 Å². The van der Waals surface area contributed by atoms with Gasteiger partial charge in [0.1, 0.15) is 17.8 Å². The van der Waals surface area contributed by atoms with Crippen LogP contribution in [0.5, 0.6) is 5.75 Å². The van der Waals surface area contributed by atoms with Crippen molar-refractivity contribution in [3.8, 4) is 5.75 Å². The predicted molar refractivity (Wildman–Crippen MR) is 116 cm³/mol. The van der Waals surface area contributed by atoms with Crippen molar-refractivity contribution in [1.82, 2.24) is 4.57 Å². The number of para-hydroxylation sites is 1. The third-order valence-corrected chi connectivity index (χ3v) is 5.25. The number of nitro benzene ring substituents is 1. The van der Waals surface area contributed by atoms with Gasteiger partial charge >= 0.3 is 5.97 Å². The maximum atomic E-state index is 12.4. The molecule has 0 bridgehead atoms. The van der Waals surface area contributed by atoms with Crippen molar-refractivity contribution < 1.29 is 24.0 Å².